The molecule has 0 saturated carbocycles. The first-order valence-electron chi connectivity index (χ1n) is 12.5. The lowest BCUT2D eigenvalue weighted by Crippen LogP contribution is -2.55. The van der Waals surface area contributed by atoms with Crippen LogP contribution in [-0.2, 0) is 45.7 Å². The number of hydrogen-bond donors (Lipinski definition) is 2. The van der Waals surface area contributed by atoms with Gasteiger partial charge in [0.15, 0.2) is 0 Å². The number of rotatable bonds is 7. The van der Waals surface area contributed by atoms with Crippen molar-refractivity contribution in [2.75, 3.05) is 0 Å². The number of carbonyl (C=O) groups excluding carboxylic acids is 2. The summed E-state index contributed by atoms with van der Waals surface area (Å²) >= 11 is 0. The third-order valence-electron chi connectivity index (χ3n) is 6.84. The van der Waals surface area contributed by atoms with E-state index in [1.165, 1.54) is 12.5 Å². The summed E-state index contributed by atoms with van der Waals surface area (Å²) in [6.45, 7) is 8.77. The maximum atomic E-state index is 13.4. The molecule has 37 heavy (non-hydrogen) atoms. The Bertz CT molecular complexity index is 1280. The van der Waals surface area contributed by atoms with E-state index in [1.54, 1.807) is 11.2 Å². The van der Waals surface area contributed by atoms with Gasteiger partial charge in [0.05, 0.1) is 30.7 Å². The van der Waals surface area contributed by atoms with Gasteiger partial charge in [0.1, 0.15) is 12.1 Å². The SMILES string of the molecule is CC(NC(=O)C1Cc2ncn(Cc3ccc(C(C)(C)C)cc3)c2CN1C(=O)Cc1ccccc1)C(=O)O. The Kier molecular flexibility index (Phi) is 7.47. The van der Waals surface area contributed by atoms with Crippen LogP contribution in [0.25, 0.3) is 0 Å². The third kappa shape index (κ3) is 6.07. The van der Waals surface area contributed by atoms with E-state index in [-0.39, 0.29) is 30.7 Å². The Morgan fingerprint density at radius 2 is 1.73 bits per heavy atom. The van der Waals surface area contributed by atoms with Crippen molar-refractivity contribution >= 4 is 17.8 Å². The van der Waals surface area contributed by atoms with Gasteiger partial charge in [-0.3, -0.25) is 14.4 Å². The molecule has 4 rings (SSSR count). The molecule has 2 unspecified atom stereocenters. The first kappa shape index (κ1) is 26.1. The molecule has 8 heteroatoms. The minimum Gasteiger partial charge on any atom is -0.480 e. The molecular weight excluding hydrogens is 468 g/mol. The number of hydrogen-bond acceptors (Lipinski definition) is 4. The number of amides is 2. The van der Waals surface area contributed by atoms with Crippen molar-refractivity contribution in [3.63, 3.8) is 0 Å². The van der Waals surface area contributed by atoms with Gasteiger partial charge in [-0.15, -0.1) is 0 Å². The van der Waals surface area contributed by atoms with E-state index < -0.39 is 24.0 Å². The molecule has 0 radical (unpaired) electrons. The third-order valence-corrected chi connectivity index (χ3v) is 6.84. The van der Waals surface area contributed by atoms with Crippen LogP contribution in [0.2, 0.25) is 0 Å². The van der Waals surface area contributed by atoms with Crippen LogP contribution in [0.3, 0.4) is 0 Å². The maximum absolute atomic E-state index is 13.4. The molecule has 0 bridgehead atoms. The summed E-state index contributed by atoms with van der Waals surface area (Å²) in [5.74, 6) is -1.81. The number of fused-ring (bicyclic) bond motifs is 1. The van der Waals surface area contributed by atoms with Crippen LogP contribution in [0.4, 0.5) is 0 Å². The van der Waals surface area contributed by atoms with Gasteiger partial charge in [0.25, 0.3) is 0 Å². The summed E-state index contributed by atoms with van der Waals surface area (Å²) in [5.41, 5.74) is 4.93. The van der Waals surface area contributed by atoms with E-state index in [0.29, 0.717) is 6.54 Å². The van der Waals surface area contributed by atoms with Gasteiger partial charge in [-0.2, -0.15) is 0 Å². The molecule has 2 N–H and O–H groups in total. The Hall–Kier alpha value is -3.94. The molecule has 3 aromatic rings. The van der Waals surface area contributed by atoms with Gasteiger partial charge < -0.3 is 19.9 Å². The Labute approximate surface area is 217 Å². The van der Waals surface area contributed by atoms with Gasteiger partial charge in [0, 0.05) is 13.0 Å². The highest BCUT2D eigenvalue weighted by molar-refractivity contribution is 5.91. The molecule has 1 aliphatic rings. The number of benzene rings is 2. The zero-order valence-electron chi connectivity index (χ0n) is 21.8. The fourth-order valence-corrected chi connectivity index (χ4v) is 4.55. The maximum Gasteiger partial charge on any atom is 0.325 e. The van der Waals surface area contributed by atoms with Crippen LogP contribution in [0.5, 0.6) is 0 Å². The summed E-state index contributed by atoms with van der Waals surface area (Å²) in [6, 6.07) is 16.0. The lowest BCUT2D eigenvalue weighted by atomic mass is 9.87. The van der Waals surface area contributed by atoms with Gasteiger partial charge >= 0.3 is 5.97 Å². The van der Waals surface area contributed by atoms with Crippen LogP contribution < -0.4 is 5.32 Å². The Morgan fingerprint density at radius 1 is 1.05 bits per heavy atom. The van der Waals surface area contributed by atoms with Crippen LogP contribution in [0.15, 0.2) is 60.9 Å². The first-order chi connectivity index (χ1) is 17.5. The minimum atomic E-state index is -1.13. The minimum absolute atomic E-state index is 0.0695. The highest BCUT2D eigenvalue weighted by atomic mass is 16.4. The summed E-state index contributed by atoms with van der Waals surface area (Å²) in [7, 11) is 0. The van der Waals surface area contributed by atoms with Crippen molar-refractivity contribution in [1.29, 1.82) is 0 Å². The summed E-state index contributed by atoms with van der Waals surface area (Å²) in [6.07, 6.45) is 2.13. The highest BCUT2D eigenvalue weighted by Crippen LogP contribution is 2.26. The first-order valence-corrected chi connectivity index (χ1v) is 12.5. The zero-order chi connectivity index (χ0) is 26.7. The van der Waals surface area contributed by atoms with Crippen LogP contribution in [0.1, 0.15) is 55.8 Å². The summed E-state index contributed by atoms with van der Waals surface area (Å²) < 4.78 is 2.03. The number of nitrogens with zero attached hydrogens (tertiary/aromatic N) is 3. The molecule has 194 valence electrons. The molecular formula is C29H34N4O4. The topological polar surface area (TPSA) is 105 Å². The molecule has 1 aromatic heterocycles. The number of aliphatic carboxylic acids is 1. The van der Waals surface area contributed by atoms with E-state index in [2.05, 4.69) is 55.3 Å². The lowest BCUT2D eigenvalue weighted by Gasteiger charge is -2.35. The number of carbonyl (C=O) groups is 3. The normalized spacial score (nSPS) is 16.1. The smallest absolute Gasteiger partial charge is 0.325 e. The van der Waals surface area contributed by atoms with Crippen molar-refractivity contribution < 1.29 is 19.5 Å². The number of nitrogens with one attached hydrogen (secondary N) is 1. The fourth-order valence-electron chi connectivity index (χ4n) is 4.55. The number of aromatic nitrogens is 2. The molecule has 2 amide bonds. The monoisotopic (exact) mass is 502 g/mol. The summed E-state index contributed by atoms with van der Waals surface area (Å²) in [4.78, 5) is 44.0. The molecule has 0 aliphatic carbocycles. The van der Waals surface area contributed by atoms with Gasteiger partial charge in [-0.1, -0.05) is 75.4 Å². The number of carboxylic acid groups (broad SMARTS) is 1. The predicted molar refractivity (Wildman–Crippen MR) is 140 cm³/mol. The largest absolute Gasteiger partial charge is 0.480 e. The molecule has 1 aliphatic heterocycles. The second-order valence-electron chi connectivity index (χ2n) is 10.7. The van der Waals surface area contributed by atoms with E-state index in [9.17, 15) is 19.5 Å². The lowest BCUT2D eigenvalue weighted by molar-refractivity contribution is -0.145. The molecule has 2 aromatic carbocycles. The number of imidazole rings is 1. The van der Waals surface area contributed by atoms with Crippen molar-refractivity contribution in [3.05, 3.63) is 89.0 Å². The van der Waals surface area contributed by atoms with E-state index >= 15 is 0 Å². The quantitative estimate of drug-likeness (QED) is 0.516. The molecule has 8 nitrogen and oxygen atoms in total. The standard InChI is InChI=1S/C29H34N4O4/c1-19(28(36)37)31-27(35)24-15-23-25(17-33(24)26(34)14-20-8-6-5-7-9-20)32(18-30-23)16-21-10-12-22(13-11-21)29(2,3)4/h5-13,18-19,24H,14-17H2,1-4H3,(H,31,35)(H,36,37). The molecule has 0 spiro atoms. The second kappa shape index (κ2) is 10.6. The molecule has 2 heterocycles. The van der Waals surface area contributed by atoms with Crippen LogP contribution in [0, 0.1) is 0 Å². The molecule has 0 saturated heterocycles. The van der Waals surface area contributed by atoms with Gasteiger partial charge in [-0.25, -0.2) is 4.98 Å². The van der Waals surface area contributed by atoms with Crippen molar-refractivity contribution in [2.45, 2.75) is 71.1 Å². The van der Waals surface area contributed by atoms with E-state index in [1.807, 2.05) is 34.9 Å². The number of carboxylic acids is 1. The van der Waals surface area contributed by atoms with Crippen molar-refractivity contribution in [1.82, 2.24) is 19.8 Å². The Morgan fingerprint density at radius 3 is 2.35 bits per heavy atom. The highest BCUT2D eigenvalue weighted by Gasteiger charge is 2.37. The van der Waals surface area contributed by atoms with Crippen LogP contribution in [-0.4, -0.2) is 49.4 Å². The second-order valence-corrected chi connectivity index (χ2v) is 10.7. The molecule has 0 fully saturated rings. The predicted octanol–water partition coefficient (Wildman–Crippen LogP) is 3.31. The van der Waals surface area contributed by atoms with Gasteiger partial charge in [0.2, 0.25) is 11.8 Å². The van der Waals surface area contributed by atoms with Crippen molar-refractivity contribution in [2.24, 2.45) is 0 Å². The average molecular weight is 503 g/mol. The van der Waals surface area contributed by atoms with E-state index in [0.717, 1.165) is 22.5 Å². The fraction of sp³-hybridized carbons (Fsp3) is 0.379. The summed E-state index contributed by atoms with van der Waals surface area (Å²) in [5, 5.41) is 11.8. The molecule has 2 atom stereocenters. The zero-order valence-corrected chi connectivity index (χ0v) is 21.8. The Balaban J connectivity index is 1.59. The van der Waals surface area contributed by atoms with Crippen molar-refractivity contribution in [3.8, 4) is 0 Å². The van der Waals surface area contributed by atoms with Gasteiger partial charge in [-0.05, 0) is 29.0 Å². The van der Waals surface area contributed by atoms with Crippen LogP contribution >= 0.6 is 0 Å². The average Bonchev–Trinajstić information content (AvgIpc) is 3.25. The van der Waals surface area contributed by atoms with E-state index in [4.69, 9.17) is 0 Å².